The van der Waals surface area contributed by atoms with Gasteiger partial charge in [0.15, 0.2) is 0 Å². The Balaban J connectivity index is 2.06. The van der Waals surface area contributed by atoms with E-state index in [9.17, 15) is 0 Å². The molecule has 0 aliphatic carbocycles. The summed E-state index contributed by atoms with van der Waals surface area (Å²) in [5.41, 5.74) is 8.41. The highest BCUT2D eigenvalue weighted by Crippen LogP contribution is 2.13. The van der Waals surface area contributed by atoms with Crippen LogP contribution in [0.25, 0.3) is 0 Å². The molecule has 0 aliphatic rings. The van der Waals surface area contributed by atoms with Crippen molar-refractivity contribution in [2.45, 2.75) is 33.2 Å². The van der Waals surface area contributed by atoms with Gasteiger partial charge >= 0.3 is 0 Å². The molecular formula is C11H17N5O. The van der Waals surface area contributed by atoms with Crippen LogP contribution in [0.2, 0.25) is 0 Å². The van der Waals surface area contributed by atoms with Crippen LogP contribution in [0.3, 0.4) is 0 Å². The molecule has 2 rings (SSSR count). The third-order valence-corrected chi connectivity index (χ3v) is 2.72. The fraction of sp³-hybridized carbons (Fsp3) is 0.545. The molecule has 0 aromatic carbocycles. The molecule has 0 spiro atoms. The lowest BCUT2D eigenvalue weighted by atomic mass is 10.2. The highest BCUT2D eigenvalue weighted by Gasteiger charge is 2.10. The first-order valence-corrected chi connectivity index (χ1v) is 5.71. The summed E-state index contributed by atoms with van der Waals surface area (Å²) in [6, 6.07) is 0. The molecule has 0 aliphatic heterocycles. The summed E-state index contributed by atoms with van der Waals surface area (Å²) in [4.78, 5) is 0. The van der Waals surface area contributed by atoms with E-state index in [2.05, 4.69) is 15.5 Å². The normalized spacial score (nSPS) is 11.0. The van der Waals surface area contributed by atoms with Crippen molar-refractivity contribution in [2.24, 2.45) is 5.73 Å². The summed E-state index contributed by atoms with van der Waals surface area (Å²) in [5.74, 6) is 0.835. The van der Waals surface area contributed by atoms with Crippen LogP contribution in [0.1, 0.15) is 29.1 Å². The van der Waals surface area contributed by atoms with Crippen LogP contribution in [0, 0.1) is 13.8 Å². The van der Waals surface area contributed by atoms with Gasteiger partial charge in [-0.05, 0) is 33.2 Å². The quantitative estimate of drug-likeness (QED) is 0.829. The number of aromatic nitrogens is 4. The number of hydrogen-bond acceptors (Lipinski definition) is 5. The van der Waals surface area contributed by atoms with E-state index in [-0.39, 0.29) is 0 Å². The first-order chi connectivity index (χ1) is 8.20. The van der Waals surface area contributed by atoms with Gasteiger partial charge in [-0.2, -0.15) is 0 Å². The second-order valence-electron chi connectivity index (χ2n) is 4.10. The topological polar surface area (TPSA) is 82.8 Å². The second kappa shape index (κ2) is 5.09. The van der Waals surface area contributed by atoms with Crippen LogP contribution in [0.4, 0.5) is 0 Å². The van der Waals surface area contributed by atoms with Crippen molar-refractivity contribution in [3.05, 3.63) is 28.9 Å². The van der Waals surface area contributed by atoms with Crippen LogP contribution in [0.15, 0.2) is 10.7 Å². The first kappa shape index (κ1) is 11.8. The Kier molecular flexibility index (Phi) is 3.53. The molecule has 2 N–H and O–H groups in total. The van der Waals surface area contributed by atoms with Gasteiger partial charge in [0.2, 0.25) is 0 Å². The van der Waals surface area contributed by atoms with Crippen molar-refractivity contribution < 1.29 is 4.52 Å². The van der Waals surface area contributed by atoms with Crippen molar-refractivity contribution in [3.8, 4) is 0 Å². The second-order valence-corrected chi connectivity index (χ2v) is 4.10. The minimum absolute atomic E-state index is 0.650. The van der Waals surface area contributed by atoms with Crippen LogP contribution in [-0.4, -0.2) is 26.7 Å². The predicted octanol–water partition coefficient (Wildman–Crippen LogP) is 0.823. The molecule has 0 unspecified atom stereocenters. The van der Waals surface area contributed by atoms with E-state index in [1.165, 1.54) is 0 Å². The Hall–Kier alpha value is -1.69. The van der Waals surface area contributed by atoms with E-state index in [0.29, 0.717) is 13.1 Å². The van der Waals surface area contributed by atoms with Crippen LogP contribution in [-0.2, 0) is 13.0 Å². The summed E-state index contributed by atoms with van der Waals surface area (Å²) < 4.78 is 6.92. The van der Waals surface area contributed by atoms with Crippen molar-refractivity contribution in [2.75, 3.05) is 6.54 Å². The summed E-state index contributed by atoms with van der Waals surface area (Å²) in [7, 11) is 0. The minimum Gasteiger partial charge on any atom is -0.361 e. The lowest BCUT2D eigenvalue weighted by Gasteiger charge is -1.98. The fourth-order valence-electron chi connectivity index (χ4n) is 1.70. The lowest BCUT2D eigenvalue weighted by Crippen LogP contribution is -2.02. The molecule has 6 nitrogen and oxygen atoms in total. The summed E-state index contributed by atoms with van der Waals surface area (Å²) in [6.45, 7) is 5.16. The van der Waals surface area contributed by atoms with Gasteiger partial charge in [-0.1, -0.05) is 10.4 Å². The third-order valence-electron chi connectivity index (χ3n) is 2.72. The third kappa shape index (κ3) is 2.71. The van der Waals surface area contributed by atoms with E-state index in [0.717, 1.165) is 35.6 Å². The fourth-order valence-corrected chi connectivity index (χ4v) is 1.70. The SMILES string of the molecule is Cc1noc(C)c1Cn1cc(CCCN)nn1. The van der Waals surface area contributed by atoms with Gasteiger partial charge in [0.1, 0.15) is 5.76 Å². The maximum atomic E-state index is 5.46. The number of nitrogens with zero attached hydrogens (tertiary/aromatic N) is 4. The van der Waals surface area contributed by atoms with E-state index >= 15 is 0 Å². The highest BCUT2D eigenvalue weighted by atomic mass is 16.5. The van der Waals surface area contributed by atoms with E-state index in [1.807, 2.05) is 20.0 Å². The smallest absolute Gasteiger partial charge is 0.138 e. The van der Waals surface area contributed by atoms with Crippen molar-refractivity contribution in [1.82, 2.24) is 20.2 Å². The summed E-state index contributed by atoms with van der Waals surface area (Å²) in [5, 5.41) is 12.1. The Labute approximate surface area is 99.8 Å². The molecule has 0 saturated carbocycles. The lowest BCUT2D eigenvalue weighted by molar-refractivity contribution is 0.391. The monoisotopic (exact) mass is 235 g/mol. The van der Waals surface area contributed by atoms with Crippen LogP contribution in [0.5, 0.6) is 0 Å². The molecule has 2 aromatic rings. The first-order valence-electron chi connectivity index (χ1n) is 5.71. The molecule has 0 bridgehead atoms. The maximum Gasteiger partial charge on any atom is 0.138 e. The number of hydrogen-bond donors (Lipinski definition) is 1. The Morgan fingerprint density at radius 3 is 2.88 bits per heavy atom. The molecule has 92 valence electrons. The molecule has 2 aromatic heterocycles. The number of nitrogens with two attached hydrogens (primary N) is 1. The number of rotatable bonds is 5. The molecule has 0 atom stereocenters. The van der Waals surface area contributed by atoms with Gasteiger partial charge in [-0.3, -0.25) is 0 Å². The highest BCUT2D eigenvalue weighted by molar-refractivity contribution is 5.20. The molecule has 0 saturated heterocycles. The van der Waals surface area contributed by atoms with Gasteiger partial charge in [0.05, 0.1) is 17.9 Å². The predicted molar refractivity (Wildman–Crippen MR) is 62.5 cm³/mol. The molecule has 2 heterocycles. The summed E-state index contributed by atoms with van der Waals surface area (Å²) >= 11 is 0. The van der Waals surface area contributed by atoms with Crippen molar-refractivity contribution in [1.29, 1.82) is 0 Å². The van der Waals surface area contributed by atoms with E-state index < -0.39 is 0 Å². The van der Waals surface area contributed by atoms with Gasteiger partial charge in [-0.25, -0.2) is 4.68 Å². The van der Waals surface area contributed by atoms with Gasteiger partial charge in [-0.15, -0.1) is 5.10 Å². The van der Waals surface area contributed by atoms with Crippen LogP contribution < -0.4 is 5.73 Å². The van der Waals surface area contributed by atoms with Crippen LogP contribution >= 0.6 is 0 Å². The summed E-state index contributed by atoms with van der Waals surface area (Å²) in [6.07, 6.45) is 3.75. The standard InChI is InChI=1S/C11H17N5O/c1-8-11(9(2)17-14-8)7-16-6-10(13-15-16)4-3-5-12/h6H,3-5,7,12H2,1-2H3. The maximum absolute atomic E-state index is 5.46. The minimum atomic E-state index is 0.650. The molecule has 0 amide bonds. The zero-order valence-electron chi connectivity index (χ0n) is 10.2. The molecule has 6 heteroatoms. The Morgan fingerprint density at radius 2 is 2.24 bits per heavy atom. The molecule has 0 fully saturated rings. The Bertz CT molecular complexity index is 468. The van der Waals surface area contributed by atoms with Crippen molar-refractivity contribution in [3.63, 3.8) is 0 Å². The molecule has 0 radical (unpaired) electrons. The van der Waals surface area contributed by atoms with Gasteiger partial charge in [0, 0.05) is 11.8 Å². The zero-order chi connectivity index (χ0) is 12.3. The molecular weight excluding hydrogens is 218 g/mol. The average molecular weight is 235 g/mol. The van der Waals surface area contributed by atoms with E-state index in [1.54, 1.807) is 4.68 Å². The van der Waals surface area contributed by atoms with E-state index in [4.69, 9.17) is 10.3 Å². The van der Waals surface area contributed by atoms with Gasteiger partial charge < -0.3 is 10.3 Å². The van der Waals surface area contributed by atoms with Gasteiger partial charge in [0.25, 0.3) is 0 Å². The average Bonchev–Trinajstić information content (AvgIpc) is 2.88. The number of aryl methyl sites for hydroxylation is 3. The zero-order valence-corrected chi connectivity index (χ0v) is 10.2. The van der Waals surface area contributed by atoms with Crippen molar-refractivity contribution >= 4 is 0 Å². The largest absolute Gasteiger partial charge is 0.361 e. The molecule has 17 heavy (non-hydrogen) atoms. The Morgan fingerprint density at radius 1 is 1.41 bits per heavy atom.